The number of fused-ring (bicyclic) bond motifs is 1. The molecule has 122 valence electrons. The summed E-state index contributed by atoms with van der Waals surface area (Å²) < 4.78 is 0. The van der Waals surface area contributed by atoms with Gasteiger partial charge in [0.1, 0.15) is 0 Å². The minimum atomic E-state index is -0.0787. The molecule has 0 saturated heterocycles. The summed E-state index contributed by atoms with van der Waals surface area (Å²) in [6, 6.07) is 12.0. The van der Waals surface area contributed by atoms with Gasteiger partial charge in [-0.25, -0.2) is 0 Å². The van der Waals surface area contributed by atoms with Crippen LogP contribution in [0.5, 0.6) is 0 Å². The quantitative estimate of drug-likeness (QED) is 0.799. The van der Waals surface area contributed by atoms with Crippen molar-refractivity contribution in [1.29, 1.82) is 0 Å². The van der Waals surface area contributed by atoms with Gasteiger partial charge in [-0.2, -0.15) is 0 Å². The summed E-state index contributed by atoms with van der Waals surface area (Å²) in [7, 11) is 0. The second-order valence-corrected chi connectivity index (χ2v) is 6.25. The van der Waals surface area contributed by atoms with E-state index in [2.05, 4.69) is 21.4 Å². The van der Waals surface area contributed by atoms with Gasteiger partial charge in [0, 0.05) is 23.8 Å². The summed E-state index contributed by atoms with van der Waals surface area (Å²) in [4.78, 5) is 21.2. The number of amides is 1. The topological polar surface area (TPSA) is 54.9 Å². The first kappa shape index (κ1) is 16.1. The Morgan fingerprint density at radius 2 is 1.88 bits per heavy atom. The minimum Gasteiger partial charge on any atom is -0.349 e. The van der Waals surface area contributed by atoms with E-state index >= 15 is 0 Å². The van der Waals surface area contributed by atoms with E-state index in [0.29, 0.717) is 5.56 Å². The minimum absolute atomic E-state index is 0.0347. The first-order chi connectivity index (χ1) is 11.5. The molecule has 0 spiro atoms. The van der Waals surface area contributed by atoms with Crippen LogP contribution in [0.15, 0.2) is 48.8 Å². The Morgan fingerprint density at radius 3 is 2.62 bits per heavy atom. The predicted molar refractivity (Wildman–Crippen MR) is 96.1 cm³/mol. The van der Waals surface area contributed by atoms with Crippen LogP contribution in [0.3, 0.4) is 0 Å². The molecule has 0 aliphatic rings. The first-order valence-electron chi connectivity index (χ1n) is 8.10. The van der Waals surface area contributed by atoms with E-state index in [1.165, 1.54) is 0 Å². The Morgan fingerprint density at radius 1 is 1.12 bits per heavy atom. The fraction of sp³-hybridized carbons (Fsp3) is 0.250. The highest BCUT2D eigenvalue weighted by molar-refractivity contribution is 5.98. The van der Waals surface area contributed by atoms with Gasteiger partial charge in [-0.3, -0.25) is 14.8 Å². The Kier molecular flexibility index (Phi) is 4.56. The van der Waals surface area contributed by atoms with Crippen LogP contribution in [0.25, 0.3) is 10.9 Å². The van der Waals surface area contributed by atoms with Crippen LogP contribution in [0, 0.1) is 13.8 Å². The van der Waals surface area contributed by atoms with Crippen LogP contribution in [0.1, 0.15) is 34.1 Å². The van der Waals surface area contributed by atoms with Crippen molar-refractivity contribution in [1.82, 2.24) is 15.3 Å². The summed E-state index contributed by atoms with van der Waals surface area (Å²) in [5.41, 5.74) is 4.61. The van der Waals surface area contributed by atoms with Gasteiger partial charge in [-0.15, -0.1) is 0 Å². The number of aromatic nitrogens is 2. The Balaban J connectivity index is 1.79. The summed E-state index contributed by atoms with van der Waals surface area (Å²) in [6.45, 7) is 5.92. The highest BCUT2D eigenvalue weighted by Gasteiger charge is 2.14. The van der Waals surface area contributed by atoms with Crippen LogP contribution >= 0.6 is 0 Å². The summed E-state index contributed by atoms with van der Waals surface area (Å²) in [6.07, 6.45) is 4.31. The number of pyridine rings is 2. The summed E-state index contributed by atoms with van der Waals surface area (Å²) in [5.74, 6) is -0.0787. The predicted octanol–water partition coefficient (Wildman–Crippen LogP) is 3.61. The lowest BCUT2D eigenvalue weighted by molar-refractivity contribution is 0.0939. The highest BCUT2D eigenvalue weighted by atomic mass is 16.1. The summed E-state index contributed by atoms with van der Waals surface area (Å²) in [5, 5.41) is 4.06. The maximum absolute atomic E-state index is 12.6. The molecule has 2 heterocycles. The van der Waals surface area contributed by atoms with Gasteiger partial charge in [-0.1, -0.05) is 11.6 Å². The molecule has 2 aromatic heterocycles. The maximum Gasteiger partial charge on any atom is 0.253 e. The SMILES string of the molecule is Cc1ccc2nc(C)c(C(=O)N[C@H](C)Cc3ccncc3)cc2c1. The zero-order chi connectivity index (χ0) is 17.1. The standard InChI is InChI=1S/C20H21N3O/c1-13-4-5-19-17(10-13)12-18(15(3)23-19)20(24)22-14(2)11-16-6-8-21-9-7-16/h4-10,12,14H,11H2,1-3H3,(H,22,24)/t14-/m1/s1. The number of hydrogen-bond donors (Lipinski definition) is 1. The van der Waals surface area contributed by atoms with Crippen LogP contribution in [-0.2, 0) is 6.42 Å². The Labute approximate surface area is 142 Å². The number of hydrogen-bond acceptors (Lipinski definition) is 3. The molecule has 4 heteroatoms. The van der Waals surface area contributed by atoms with Crippen molar-refractivity contribution >= 4 is 16.8 Å². The molecule has 0 fully saturated rings. The van der Waals surface area contributed by atoms with Gasteiger partial charge in [0.2, 0.25) is 0 Å². The van der Waals surface area contributed by atoms with Gasteiger partial charge in [0.25, 0.3) is 5.91 Å². The Hall–Kier alpha value is -2.75. The molecule has 1 amide bonds. The molecule has 1 N–H and O–H groups in total. The molecule has 0 aliphatic carbocycles. The van der Waals surface area contributed by atoms with E-state index in [4.69, 9.17) is 0 Å². The van der Waals surface area contributed by atoms with E-state index in [1.54, 1.807) is 12.4 Å². The van der Waals surface area contributed by atoms with E-state index in [9.17, 15) is 4.79 Å². The zero-order valence-corrected chi connectivity index (χ0v) is 14.2. The van der Waals surface area contributed by atoms with Crippen molar-refractivity contribution in [3.63, 3.8) is 0 Å². The van der Waals surface area contributed by atoms with Gasteiger partial charge in [0.05, 0.1) is 16.8 Å². The van der Waals surface area contributed by atoms with Crippen molar-refractivity contribution in [3.05, 3.63) is 71.2 Å². The zero-order valence-electron chi connectivity index (χ0n) is 14.2. The van der Waals surface area contributed by atoms with Crippen molar-refractivity contribution < 1.29 is 4.79 Å². The van der Waals surface area contributed by atoms with Crippen LogP contribution in [0.2, 0.25) is 0 Å². The van der Waals surface area contributed by atoms with Crippen molar-refractivity contribution in [2.45, 2.75) is 33.2 Å². The number of aryl methyl sites for hydroxylation is 2. The number of carbonyl (C=O) groups excluding carboxylic acids is 1. The van der Waals surface area contributed by atoms with Gasteiger partial charge < -0.3 is 5.32 Å². The van der Waals surface area contributed by atoms with Crippen LogP contribution < -0.4 is 5.32 Å². The second kappa shape index (κ2) is 6.79. The van der Waals surface area contributed by atoms with Crippen molar-refractivity contribution in [2.24, 2.45) is 0 Å². The van der Waals surface area contributed by atoms with Crippen molar-refractivity contribution in [2.75, 3.05) is 0 Å². The third-order valence-corrected chi connectivity index (χ3v) is 4.07. The fourth-order valence-corrected chi connectivity index (χ4v) is 2.85. The third kappa shape index (κ3) is 3.59. The maximum atomic E-state index is 12.6. The number of carbonyl (C=O) groups is 1. The van der Waals surface area contributed by atoms with E-state index in [0.717, 1.165) is 34.1 Å². The molecule has 3 rings (SSSR count). The molecular formula is C20H21N3O. The lowest BCUT2D eigenvalue weighted by atomic mass is 10.1. The lowest BCUT2D eigenvalue weighted by Crippen LogP contribution is -2.34. The van der Waals surface area contributed by atoms with Gasteiger partial charge >= 0.3 is 0 Å². The average Bonchev–Trinajstić information content (AvgIpc) is 2.55. The molecule has 0 radical (unpaired) electrons. The normalized spacial score (nSPS) is 12.1. The number of nitrogens with zero attached hydrogens (tertiary/aromatic N) is 2. The molecule has 24 heavy (non-hydrogen) atoms. The molecule has 1 atom stereocenters. The smallest absolute Gasteiger partial charge is 0.253 e. The van der Waals surface area contributed by atoms with Gasteiger partial charge in [0.15, 0.2) is 0 Å². The summed E-state index contributed by atoms with van der Waals surface area (Å²) >= 11 is 0. The lowest BCUT2D eigenvalue weighted by Gasteiger charge is -2.15. The average molecular weight is 319 g/mol. The molecule has 0 aliphatic heterocycles. The van der Waals surface area contributed by atoms with E-state index in [-0.39, 0.29) is 11.9 Å². The largest absolute Gasteiger partial charge is 0.349 e. The second-order valence-electron chi connectivity index (χ2n) is 6.25. The van der Waals surface area contributed by atoms with Crippen LogP contribution in [0.4, 0.5) is 0 Å². The first-order valence-corrected chi connectivity index (χ1v) is 8.10. The molecule has 0 saturated carbocycles. The van der Waals surface area contributed by atoms with Crippen molar-refractivity contribution in [3.8, 4) is 0 Å². The Bertz CT molecular complexity index is 875. The van der Waals surface area contributed by atoms with Gasteiger partial charge in [-0.05, 0) is 63.1 Å². The molecule has 1 aromatic carbocycles. The molecular weight excluding hydrogens is 298 g/mol. The number of benzene rings is 1. The highest BCUT2D eigenvalue weighted by Crippen LogP contribution is 2.18. The fourth-order valence-electron chi connectivity index (χ4n) is 2.85. The number of rotatable bonds is 4. The van der Waals surface area contributed by atoms with E-state index < -0.39 is 0 Å². The molecule has 0 bridgehead atoms. The number of nitrogens with one attached hydrogen (secondary N) is 1. The molecule has 0 unspecified atom stereocenters. The molecule has 3 aromatic rings. The third-order valence-electron chi connectivity index (χ3n) is 4.07. The monoisotopic (exact) mass is 319 g/mol. The molecule has 4 nitrogen and oxygen atoms in total. The van der Waals surface area contributed by atoms with Crippen LogP contribution in [-0.4, -0.2) is 21.9 Å². The van der Waals surface area contributed by atoms with E-state index in [1.807, 2.05) is 51.1 Å².